The molecular formula is C14H22O3. The van der Waals surface area contributed by atoms with Crippen LogP contribution in [0.3, 0.4) is 0 Å². The average molecular weight is 238 g/mol. The highest BCUT2D eigenvalue weighted by Crippen LogP contribution is 2.31. The zero-order chi connectivity index (χ0) is 12.7. The van der Waals surface area contributed by atoms with E-state index in [1.165, 1.54) is 0 Å². The van der Waals surface area contributed by atoms with Crippen molar-refractivity contribution in [1.29, 1.82) is 0 Å². The summed E-state index contributed by atoms with van der Waals surface area (Å²) < 4.78 is 0. The SMILES string of the molecule is CC=CC=CC=CC1CC(O)CC(O)C1CO. The van der Waals surface area contributed by atoms with E-state index in [4.69, 9.17) is 0 Å². The quantitative estimate of drug-likeness (QED) is 0.649. The van der Waals surface area contributed by atoms with Crippen LogP contribution in [0.15, 0.2) is 36.5 Å². The summed E-state index contributed by atoms with van der Waals surface area (Å²) in [7, 11) is 0. The van der Waals surface area contributed by atoms with E-state index < -0.39 is 12.2 Å². The van der Waals surface area contributed by atoms with Gasteiger partial charge < -0.3 is 15.3 Å². The Morgan fingerprint density at radius 1 is 1.06 bits per heavy atom. The minimum absolute atomic E-state index is 0.0361. The van der Waals surface area contributed by atoms with Crippen LogP contribution in [0.1, 0.15) is 19.8 Å². The van der Waals surface area contributed by atoms with Gasteiger partial charge in [-0.1, -0.05) is 36.5 Å². The third kappa shape index (κ3) is 4.46. The van der Waals surface area contributed by atoms with Crippen LogP contribution < -0.4 is 0 Å². The second kappa shape index (κ2) is 7.43. The van der Waals surface area contributed by atoms with Crippen molar-refractivity contribution in [2.24, 2.45) is 11.8 Å². The van der Waals surface area contributed by atoms with Crippen molar-refractivity contribution < 1.29 is 15.3 Å². The Kier molecular flexibility index (Phi) is 6.19. The maximum atomic E-state index is 9.77. The van der Waals surface area contributed by atoms with Crippen molar-refractivity contribution in [2.45, 2.75) is 32.0 Å². The highest BCUT2D eigenvalue weighted by molar-refractivity contribution is 5.12. The molecule has 17 heavy (non-hydrogen) atoms. The van der Waals surface area contributed by atoms with Crippen LogP contribution in [0.5, 0.6) is 0 Å². The van der Waals surface area contributed by atoms with Gasteiger partial charge in [-0.25, -0.2) is 0 Å². The fraction of sp³-hybridized carbons (Fsp3) is 0.571. The Hall–Kier alpha value is -0.900. The lowest BCUT2D eigenvalue weighted by atomic mass is 9.76. The molecule has 1 fully saturated rings. The Morgan fingerprint density at radius 2 is 1.76 bits per heavy atom. The Balaban J connectivity index is 2.59. The van der Waals surface area contributed by atoms with Crippen LogP contribution in [0.4, 0.5) is 0 Å². The van der Waals surface area contributed by atoms with Crippen molar-refractivity contribution in [3.05, 3.63) is 36.5 Å². The van der Waals surface area contributed by atoms with E-state index >= 15 is 0 Å². The summed E-state index contributed by atoms with van der Waals surface area (Å²) in [5.41, 5.74) is 0. The molecule has 1 aliphatic carbocycles. The first-order chi connectivity index (χ1) is 8.19. The number of allylic oxidation sites excluding steroid dienone is 6. The molecular weight excluding hydrogens is 216 g/mol. The van der Waals surface area contributed by atoms with E-state index in [1.54, 1.807) is 0 Å². The van der Waals surface area contributed by atoms with Crippen LogP contribution in [-0.4, -0.2) is 34.1 Å². The molecule has 1 rings (SSSR count). The van der Waals surface area contributed by atoms with Gasteiger partial charge in [0.15, 0.2) is 0 Å². The van der Waals surface area contributed by atoms with Gasteiger partial charge in [0.2, 0.25) is 0 Å². The molecule has 0 amide bonds. The first-order valence-electron chi connectivity index (χ1n) is 6.12. The molecule has 0 saturated heterocycles. The molecule has 0 aromatic heterocycles. The minimum atomic E-state index is -0.613. The van der Waals surface area contributed by atoms with Crippen molar-refractivity contribution in [3.8, 4) is 0 Å². The van der Waals surface area contributed by atoms with E-state index in [0.29, 0.717) is 12.8 Å². The summed E-state index contributed by atoms with van der Waals surface area (Å²) >= 11 is 0. The Labute approximate surface area is 103 Å². The molecule has 3 N–H and O–H groups in total. The fourth-order valence-electron chi connectivity index (χ4n) is 2.25. The zero-order valence-electron chi connectivity index (χ0n) is 10.2. The molecule has 1 saturated carbocycles. The van der Waals surface area contributed by atoms with Gasteiger partial charge in [-0.2, -0.15) is 0 Å². The van der Waals surface area contributed by atoms with E-state index in [-0.39, 0.29) is 18.4 Å². The standard InChI is InChI=1S/C14H22O3/c1-2-3-4-5-6-7-11-8-12(16)9-14(17)13(11)10-15/h2-7,11-17H,8-10H2,1H3. The topological polar surface area (TPSA) is 60.7 Å². The summed E-state index contributed by atoms with van der Waals surface area (Å²) in [6.07, 6.45) is 11.4. The molecule has 4 unspecified atom stereocenters. The number of hydrogen-bond acceptors (Lipinski definition) is 3. The van der Waals surface area contributed by atoms with E-state index in [0.717, 1.165) is 0 Å². The molecule has 0 spiro atoms. The normalized spacial score (nSPS) is 35.3. The zero-order valence-corrected chi connectivity index (χ0v) is 10.2. The summed E-state index contributed by atoms with van der Waals surface area (Å²) in [5.74, 6) is -0.126. The Bertz CT molecular complexity index is 294. The number of aliphatic hydroxyl groups excluding tert-OH is 3. The number of aliphatic hydroxyl groups is 3. The van der Waals surface area contributed by atoms with Gasteiger partial charge in [0.25, 0.3) is 0 Å². The van der Waals surface area contributed by atoms with Gasteiger partial charge in [-0.3, -0.25) is 0 Å². The van der Waals surface area contributed by atoms with E-state index in [9.17, 15) is 15.3 Å². The summed E-state index contributed by atoms with van der Waals surface area (Å²) in [6, 6.07) is 0. The lowest BCUT2D eigenvalue weighted by molar-refractivity contribution is -0.0382. The van der Waals surface area contributed by atoms with E-state index in [1.807, 2.05) is 43.4 Å². The molecule has 0 aromatic carbocycles. The third-order valence-electron chi connectivity index (χ3n) is 3.20. The summed E-state index contributed by atoms with van der Waals surface area (Å²) in [6.45, 7) is 1.91. The molecule has 0 aromatic rings. The molecule has 1 aliphatic rings. The number of rotatable bonds is 4. The van der Waals surface area contributed by atoms with Gasteiger partial charge in [0.1, 0.15) is 0 Å². The van der Waals surface area contributed by atoms with Crippen molar-refractivity contribution >= 4 is 0 Å². The lowest BCUT2D eigenvalue weighted by Crippen LogP contribution is -2.39. The molecule has 4 atom stereocenters. The van der Waals surface area contributed by atoms with Crippen molar-refractivity contribution in [3.63, 3.8) is 0 Å². The second-order valence-corrected chi connectivity index (χ2v) is 4.50. The number of hydrogen-bond donors (Lipinski definition) is 3. The second-order valence-electron chi connectivity index (χ2n) is 4.50. The molecule has 96 valence electrons. The first kappa shape index (κ1) is 14.2. The summed E-state index contributed by atoms with van der Waals surface area (Å²) in [4.78, 5) is 0. The van der Waals surface area contributed by atoms with Crippen LogP contribution in [0.2, 0.25) is 0 Å². The average Bonchev–Trinajstić information content (AvgIpc) is 2.28. The molecule has 0 aliphatic heterocycles. The fourth-order valence-corrected chi connectivity index (χ4v) is 2.25. The van der Waals surface area contributed by atoms with Crippen LogP contribution in [-0.2, 0) is 0 Å². The lowest BCUT2D eigenvalue weighted by Gasteiger charge is -2.35. The van der Waals surface area contributed by atoms with Gasteiger partial charge in [-0.05, 0) is 25.7 Å². The summed E-state index contributed by atoms with van der Waals surface area (Å²) in [5, 5.41) is 28.6. The van der Waals surface area contributed by atoms with E-state index in [2.05, 4.69) is 0 Å². The highest BCUT2D eigenvalue weighted by atomic mass is 16.3. The van der Waals surface area contributed by atoms with Crippen LogP contribution >= 0.6 is 0 Å². The molecule has 0 heterocycles. The maximum absolute atomic E-state index is 9.77. The van der Waals surface area contributed by atoms with Crippen LogP contribution in [0.25, 0.3) is 0 Å². The highest BCUT2D eigenvalue weighted by Gasteiger charge is 2.34. The van der Waals surface area contributed by atoms with Crippen LogP contribution in [0, 0.1) is 11.8 Å². The van der Waals surface area contributed by atoms with Crippen molar-refractivity contribution in [1.82, 2.24) is 0 Å². The predicted octanol–water partition coefficient (Wildman–Crippen LogP) is 1.42. The van der Waals surface area contributed by atoms with Gasteiger partial charge >= 0.3 is 0 Å². The third-order valence-corrected chi connectivity index (χ3v) is 3.20. The van der Waals surface area contributed by atoms with Gasteiger partial charge in [-0.15, -0.1) is 0 Å². The van der Waals surface area contributed by atoms with Gasteiger partial charge in [0, 0.05) is 12.5 Å². The molecule has 3 nitrogen and oxygen atoms in total. The van der Waals surface area contributed by atoms with Crippen molar-refractivity contribution in [2.75, 3.05) is 6.61 Å². The monoisotopic (exact) mass is 238 g/mol. The molecule has 0 bridgehead atoms. The maximum Gasteiger partial charge on any atom is 0.0620 e. The Morgan fingerprint density at radius 3 is 2.41 bits per heavy atom. The molecule has 0 radical (unpaired) electrons. The largest absolute Gasteiger partial charge is 0.396 e. The minimum Gasteiger partial charge on any atom is -0.396 e. The van der Waals surface area contributed by atoms with Gasteiger partial charge in [0.05, 0.1) is 12.2 Å². The first-order valence-corrected chi connectivity index (χ1v) is 6.12. The predicted molar refractivity (Wildman–Crippen MR) is 68.4 cm³/mol. The molecule has 3 heteroatoms. The smallest absolute Gasteiger partial charge is 0.0620 e.